The van der Waals surface area contributed by atoms with Crippen molar-refractivity contribution in [1.29, 1.82) is 0 Å². The van der Waals surface area contributed by atoms with Gasteiger partial charge in [0.15, 0.2) is 0 Å². The second kappa shape index (κ2) is 9.32. The van der Waals surface area contributed by atoms with Gasteiger partial charge in [0.1, 0.15) is 6.04 Å². The molecule has 6 nitrogen and oxygen atoms in total. The van der Waals surface area contributed by atoms with Crippen LogP contribution in [0.15, 0.2) is 0 Å². The average molecular weight is 320 g/mol. The van der Waals surface area contributed by atoms with E-state index < -0.39 is 37.3 Å². The number of rotatable bonds is 8. The first kappa shape index (κ1) is 18.3. The number of nitrogens with one attached hydrogen (secondary N) is 2. The van der Waals surface area contributed by atoms with E-state index in [0.717, 1.165) is 25.7 Å². The Kier molecular flexibility index (Phi) is 7.76. The zero-order valence-electron chi connectivity index (χ0n) is 12.3. The average Bonchev–Trinajstić information content (AvgIpc) is 2.45. The molecule has 0 aromatic carbocycles. The molecule has 0 spiro atoms. The smallest absolute Gasteiger partial charge is 0.326 e. The van der Waals surface area contributed by atoms with Crippen LogP contribution in [0.4, 0.5) is 8.78 Å². The Morgan fingerprint density at radius 1 is 1.09 bits per heavy atom. The van der Waals surface area contributed by atoms with Crippen molar-refractivity contribution in [3.63, 3.8) is 0 Å². The lowest BCUT2D eigenvalue weighted by atomic mass is 9.87. The maximum atomic E-state index is 12.2. The molecule has 2 amide bonds. The van der Waals surface area contributed by atoms with Gasteiger partial charge < -0.3 is 15.7 Å². The molecular formula is C14H22F2N2O4. The SMILES string of the molecule is O=C(CC1CCCCC1)NCC(=O)NC(CC(F)F)C(=O)O. The van der Waals surface area contributed by atoms with Crippen molar-refractivity contribution in [2.24, 2.45) is 5.92 Å². The monoisotopic (exact) mass is 320 g/mol. The molecule has 8 heteroatoms. The summed E-state index contributed by atoms with van der Waals surface area (Å²) in [5.41, 5.74) is 0. The van der Waals surface area contributed by atoms with Gasteiger partial charge in [-0.05, 0) is 18.8 Å². The predicted octanol–water partition coefficient (Wildman–Crippen LogP) is 1.30. The van der Waals surface area contributed by atoms with Crippen molar-refractivity contribution in [1.82, 2.24) is 10.6 Å². The number of hydrogen-bond donors (Lipinski definition) is 3. The molecule has 0 heterocycles. The minimum atomic E-state index is -2.83. The summed E-state index contributed by atoms with van der Waals surface area (Å²) in [5, 5.41) is 13.1. The van der Waals surface area contributed by atoms with Gasteiger partial charge in [-0.3, -0.25) is 9.59 Å². The number of carbonyl (C=O) groups excluding carboxylic acids is 2. The number of amides is 2. The largest absolute Gasteiger partial charge is 0.480 e. The van der Waals surface area contributed by atoms with Crippen LogP contribution in [0.3, 0.4) is 0 Å². The summed E-state index contributed by atoms with van der Waals surface area (Å²) in [4.78, 5) is 33.9. The number of alkyl halides is 2. The molecule has 1 atom stereocenters. The lowest BCUT2D eigenvalue weighted by Gasteiger charge is -2.21. The summed E-state index contributed by atoms with van der Waals surface area (Å²) in [6.07, 6.45) is 1.93. The quantitative estimate of drug-likeness (QED) is 0.628. The van der Waals surface area contributed by atoms with Crippen LogP contribution >= 0.6 is 0 Å². The van der Waals surface area contributed by atoms with Gasteiger partial charge >= 0.3 is 5.97 Å². The molecule has 0 aromatic rings. The normalized spacial score (nSPS) is 17.0. The summed E-state index contributed by atoms with van der Waals surface area (Å²) in [7, 11) is 0. The van der Waals surface area contributed by atoms with E-state index in [1.807, 2.05) is 5.32 Å². The number of hydrogen-bond acceptors (Lipinski definition) is 3. The number of carboxylic acids is 1. The Balaban J connectivity index is 2.28. The molecule has 0 bridgehead atoms. The Morgan fingerprint density at radius 3 is 2.27 bits per heavy atom. The maximum absolute atomic E-state index is 12.2. The first-order valence-electron chi connectivity index (χ1n) is 7.45. The summed E-state index contributed by atoms with van der Waals surface area (Å²) >= 11 is 0. The van der Waals surface area contributed by atoms with Crippen LogP contribution in [0, 0.1) is 5.92 Å². The van der Waals surface area contributed by atoms with Crippen LogP contribution in [0.25, 0.3) is 0 Å². The molecule has 3 N–H and O–H groups in total. The van der Waals surface area contributed by atoms with E-state index in [1.54, 1.807) is 0 Å². The van der Waals surface area contributed by atoms with Crippen LogP contribution in [0.5, 0.6) is 0 Å². The summed E-state index contributed by atoms with van der Waals surface area (Å²) in [5.74, 6) is -2.27. The van der Waals surface area contributed by atoms with Crippen molar-refractivity contribution < 1.29 is 28.3 Å². The Morgan fingerprint density at radius 2 is 1.73 bits per heavy atom. The van der Waals surface area contributed by atoms with E-state index in [4.69, 9.17) is 5.11 Å². The number of aliphatic carboxylic acids is 1. The van der Waals surface area contributed by atoms with Crippen molar-refractivity contribution >= 4 is 17.8 Å². The highest BCUT2D eigenvalue weighted by molar-refractivity contribution is 5.87. The van der Waals surface area contributed by atoms with Gasteiger partial charge in [0, 0.05) is 12.8 Å². The second-order valence-corrected chi connectivity index (χ2v) is 5.57. The molecule has 1 saturated carbocycles. The van der Waals surface area contributed by atoms with Crippen molar-refractivity contribution in [2.45, 2.75) is 57.4 Å². The van der Waals surface area contributed by atoms with E-state index in [1.165, 1.54) is 6.42 Å². The minimum Gasteiger partial charge on any atom is -0.480 e. The van der Waals surface area contributed by atoms with Crippen molar-refractivity contribution in [2.75, 3.05) is 6.54 Å². The fraction of sp³-hybridized carbons (Fsp3) is 0.786. The Hall–Kier alpha value is -1.73. The molecule has 1 fully saturated rings. The van der Waals surface area contributed by atoms with Crippen LogP contribution < -0.4 is 10.6 Å². The van der Waals surface area contributed by atoms with Crippen LogP contribution in [-0.2, 0) is 14.4 Å². The fourth-order valence-electron chi connectivity index (χ4n) is 2.55. The van der Waals surface area contributed by atoms with Crippen LogP contribution in [0.2, 0.25) is 0 Å². The molecule has 1 rings (SSSR count). The lowest BCUT2D eigenvalue weighted by molar-refractivity contribution is -0.142. The standard InChI is InChI=1S/C14H22F2N2O4/c15-11(16)7-10(14(21)22)18-13(20)8-17-12(19)6-9-4-2-1-3-5-9/h9-11H,1-8H2,(H,17,19)(H,18,20)(H,21,22). The highest BCUT2D eigenvalue weighted by atomic mass is 19.3. The zero-order valence-corrected chi connectivity index (χ0v) is 12.3. The highest BCUT2D eigenvalue weighted by Crippen LogP contribution is 2.25. The molecule has 0 aromatic heterocycles. The number of halogens is 2. The topological polar surface area (TPSA) is 95.5 Å². The molecule has 0 saturated heterocycles. The molecule has 22 heavy (non-hydrogen) atoms. The molecule has 1 unspecified atom stereocenters. The van der Waals surface area contributed by atoms with E-state index in [9.17, 15) is 23.2 Å². The molecule has 0 radical (unpaired) electrons. The summed E-state index contributed by atoms with van der Waals surface area (Å²) in [6, 6.07) is -1.65. The first-order chi connectivity index (χ1) is 10.4. The van der Waals surface area contributed by atoms with Gasteiger partial charge in [0.2, 0.25) is 18.2 Å². The summed E-state index contributed by atoms with van der Waals surface area (Å²) < 4.78 is 24.4. The van der Waals surface area contributed by atoms with Crippen molar-refractivity contribution in [3.8, 4) is 0 Å². The molecule has 1 aliphatic carbocycles. The highest BCUT2D eigenvalue weighted by Gasteiger charge is 2.24. The third-order valence-electron chi connectivity index (χ3n) is 3.69. The number of carboxylic acid groups (broad SMARTS) is 1. The van der Waals surface area contributed by atoms with E-state index in [0.29, 0.717) is 12.3 Å². The van der Waals surface area contributed by atoms with Gasteiger partial charge in [0.05, 0.1) is 6.54 Å². The Labute approximate surface area is 127 Å². The van der Waals surface area contributed by atoms with E-state index >= 15 is 0 Å². The zero-order chi connectivity index (χ0) is 16.5. The van der Waals surface area contributed by atoms with Gasteiger partial charge in [-0.1, -0.05) is 19.3 Å². The first-order valence-corrected chi connectivity index (χ1v) is 7.45. The van der Waals surface area contributed by atoms with Gasteiger partial charge in [-0.25, -0.2) is 13.6 Å². The van der Waals surface area contributed by atoms with Gasteiger partial charge in [-0.2, -0.15) is 0 Å². The lowest BCUT2D eigenvalue weighted by Crippen LogP contribution is -2.46. The van der Waals surface area contributed by atoms with Gasteiger partial charge in [0.25, 0.3) is 0 Å². The third kappa shape index (κ3) is 7.33. The Bertz CT molecular complexity index is 398. The molecule has 1 aliphatic rings. The van der Waals surface area contributed by atoms with Crippen LogP contribution in [0.1, 0.15) is 44.9 Å². The van der Waals surface area contributed by atoms with Gasteiger partial charge in [-0.15, -0.1) is 0 Å². The minimum absolute atomic E-state index is 0.275. The third-order valence-corrected chi connectivity index (χ3v) is 3.69. The number of carbonyl (C=O) groups is 3. The molecule has 0 aliphatic heterocycles. The summed E-state index contributed by atoms with van der Waals surface area (Å²) in [6.45, 7) is -0.404. The fourth-order valence-corrected chi connectivity index (χ4v) is 2.55. The predicted molar refractivity (Wildman–Crippen MR) is 74.4 cm³/mol. The second-order valence-electron chi connectivity index (χ2n) is 5.57. The van der Waals surface area contributed by atoms with Crippen molar-refractivity contribution in [3.05, 3.63) is 0 Å². The van der Waals surface area contributed by atoms with E-state index in [2.05, 4.69) is 5.32 Å². The molecule has 126 valence electrons. The van der Waals surface area contributed by atoms with E-state index in [-0.39, 0.29) is 5.91 Å². The maximum Gasteiger partial charge on any atom is 0.326 e. The molecular weight excluding hydrogens is 298 g/mol. The van der Waals surface area contributed by atoms with Crippen LogP contribution in [-0.4, -0.2) is 41.9 Å².